The fourth-order valence-electron chi connectivity index (χ4n) is 3.93. The van der Waals surface area contributed by atoms with E-state index in [9.17, 15) is 9.90 Å². The molecule has 1 aromatic carbocycles. The summed E-state index contributed by atoms with van der Waals surface area (Å²) in [5.74, 6) is -1.15. The van der Waals surface area contributed by atoms with Gasteiger partial charge in [-0.3, -0.25) is 0 Å². The van der Waals surface area contributed by atoms with Crippen molar-refractivity contribution >= 4 is 22.6 Å². The van der Waals surface area contributed by atoms with Crippen LogP contribution in [0, 0.1) is 5.82 Å². The van der Waals surface area contributed by atoms with Crippen molar-refractivity contribution in [2.75, 3.05) is 51.3 Å². The third-order valence-corrected chi connectivity index (χ3v) is 5.50. The Morgan fingerprint density at radius 3 is 2.76 bits per heavy atom. The van der Waals surface area contributed by atoms with E-state index >= 15 is 4.39 Å². The number of pyridine rings is 1. The van der Waals surface area contributed by atoms with Gasteiger partial charge in [0.25, 0.3) is 0 Å². The van der Waals surface area contributed by atoms with Gasteiger partial charge in [0.05, 0.1) is 11.6 Å². The minimum atomic E-state index is -1.14. The zero-order chi connectivity index (χ0) is 20.7. The fourth-order valence-corrected chi connectivity index (χ4v) is 3.93. The number of ether oxygens (including phenoxy) is 1. The highest BCUT2D eigenvalue weighted by molar-refractivity contribution is 5.97. The number of piperazine rings is 1. The standard InChI is InChI=1S/C20H25FN4O4/c1-4-29-22-16-13-9-15(21)18(24-7-5-23(3)6-8-24)19-17(13)25(12(2)11-28-19)10-14(16)20(26)27/h9-10,12H,4-8,11H2,1-3H3,(H,26,27)/t12-/m0/s1. The monoisotopic (exact) mass is 404 g/mol. The lowest BCUT2D eigenvalue weighted by atomic mass is 10.0. The molecule has 8 nitrogen and oxygen atoms in total. The Morgan fingerprint density at radius 1 is 1.38 bits per heavy atom. The number of aromatic nitrogens is 1. The molecule has 9 heteroatoms. The van der Waals surface area contributed by atoms with Gasteiger partial charge in [-0.15, -0.1) is 0 Å². The topological polar surface area (TPSA) is 79.5 Å². The first kappa shape index (κ1) is 19.5. The van der Waals surface area contributed by atoms with Crippen molar-refractivity contribution in [2.45, 2.75) is 19.9 Å². The number of halogens is 1. The number of rotatable bonds is 4. The predicted molar refractivity (Wildman–Crippen MR) is 106 cm³/mol. The smallest absolute Gasteiger partial charge is 0.339 e. The molecule has 1 aromatic heterocycles. The Kier molecular flexibility index (Phi) is 5.08. The van der Waals surface area contributed by atoms with Crippen molar-refractivity contribution in [3.05, 3.63) is 29.0 Å². The number of carboxylic acids is 1. The van der Waals surface area contributed by atoms with E-state index in [-0.39, 0.29) is 23.6 Å². The Morgan fingerprint density at radius 2 is 2.10 bits per heavy atom. The normalized spacial score (nSPS) is 20.1. The molecule has 0 radical (unpaired) electrons. The molecule has 1 saturated heterocycles. The van der Waals surface area contributed by atoms with Gasteiger partial charge in [0, 0.05) is 37.8 Å². The Balaban J connectivity index is 2.03. The summed E-state index contributed by atoms with van der Waals surface area (Å²) in [5, 5.41) is 14.2. The van der Waals surface area contributed by atoms with Crippen molar-refractivity contribution in [2.24, 2.45) is 5.16 Å². The lowest BCUT2D eigenvalue weighted by Gasteiger charge is -2.37. The van der Waals surface area contributed by atoms with Gasteiger partial charge in [-0.25, -0.2) is 9.18 Å². The largest absolute Gasteiger partial charge is 0.487 e. The minimum absolute atomic E-state index is 0.0302. The Hall–Kier alpha value is -2.81. The molecule has 156 valence electrons. The summed E-state index contributed by atoms with van der Waals surface area (Å²) in [6.07, 6.45) is 1.55. The number of anilines is 1. The van der Waals surface area contributed by atoms with E-state index in [1.165, 1.54) is 6.07 Å². The van der Waals surface area contributed by atoms with Crippen LogP contribution in [-0.2, 0) is 4.84 Å². The summed E-state index contributed by atoms with van der Waals surface area (Å²) in [6.45, 7) is 7.33. The maximum absolute atomic E-state index is 15.4. The van der Waals surface area contributed by atoms with Gasteiger partial charge in [-0.05, 0) is 27.0 Å². The molecule has 2 aliphatic heterocycles. The summed E-state index contributed by atoms with van der Waals surface area (Å²) in [6, 6.07) is 1.25. The Bertz CT molecular complexity index is 1030. The van der Waals surface area contributed by atoms with E-state index in [1.54, 1.807) is 13.1 Å². The molecule has 1 atom stereocenters. The van der Waals surface area contributed by atoms with E-state index in [2.05, 4.69) is 10.1 Å². The number of hydrogen-bond acceptors (Lipinski definition) is 6. The molecule has 0 bridgehead atoms. The molecule has 0 spiro atoms. The summed E-state index contributed by atoms with van der Waals surface area (Å²) >= 11 is 0. The predicted octanol–water partition coefficient (Wildman–Crippen LogP) is 2.04. The van der Waals surface area contributed by atoms with Crippen LogP contribution in [0.3, 0.4) is 0 Å². The second kappa shape index (κ2) is 7.55. The molecule has 2 aliphatic rings. The summed E-state index contributed by atoms with van der Waals surface area (Å²) < 4.78 is 23.2. The number of likely N-dealkylation sites (N-methyl/N-ethyl adjacent to an activating group) is 1. The van der Waals surface area contributed by atoms with Crippen molar-refractivity contribution in [3.63, 3.8) is 0 Å². The third-order valence-electron chi connectivity index (χ3n) is 5.50. The average molecular weight is 404 g/mol. The van der Waals surface area contributed by atoms with Crippen LogP contribution in [0.4, 0.5) is 10.1 Å². The summed E-state index contributed by atoms with van der Waals surface area (Å²) in [4.78, 5) is 21.2. The van der Waals surface area contributed by atoms with Crippen LogP contribution in [0.1, 0.15) is 30.2 Å². The van der Waals surface area contributed by atoms with Gasteiger partial charge in [0.15, 0.2) is 11.6 Å². The molecule has 0 amide bonds. The second-order valence-corrected chi connectivity index (χ2v) is 7.50. The first-order valence-corrected chi connectivity index (χ1v) is 9.79. The van der Waals surface area contributed by atoms with Crippen LogP contribution in [0.15, 0.2) is 17.4 Å². The van der Waals surface area contributed by atoms with E-state index in [4.69, 9.17) is 9.57 Å². The molecule has 29 heavy (non-hydrogen) atoms. The van der Waals surface area contributed by atoms with Crippen LogP contribution in [0.2, 0.25) is 0 Å². The quantitative estimate of drug-likeness (QED) is 0.786. The maximum Gasteiger partial charge on any atom is 0.339 e. The number of nitrogens with zero attached hydrogens (tertiary/aromatic N) is 4. The van der Waals surface area contributed by atoms with E-state index in [0.717, 1.165) is 13.1 Å². The zero-order valence-electron chi connectivity index (χ0n) is 16.8. The summed E-state index contributed by atoms with van der Waals surface area (Å²) in [7, 11) is 2.04. The molecular formula is C20H25FN4O4. The molecule has 3 heterocycles. The van der Waals surface area contributed by atoms with Crippen molar-refractivity contribution in [1.29, 1.82) is 0 Å². The van der Waals surface area contributed by atoms with Crippen LogP contribution >= 0.6 is 0 Å². The zero-order valence-corrected chi connectivity index (χ0v) is 16.8. The first-order valence-electron chi connectivity index (χ1n) is 9.79. The van der Waals surface area contributed by atoms with E-state index in [1.807, 2.05) is 23.4 Å². The van der Waals surface area contributed by atoms with Crippen LogP contribution < -0.4 is 15.0 Å². The first-order chi connectivity index (χ1) is 13.9. The Labute approximate surface area is 167 Å². The molecule has 0 saturated carbocycles. The highest BCUT2D eigenvalue weighted by Crippen LogP contribution is 2.42. The number of carboxylic acid groups (broad SMARTS) is 1. The maximum atomic E-state index is 15.4. The van der Waals surface area contributed by atoms with E-state index in [0.29, 0.717) is 42.0 Å². The van der Waals surface area contributed by atoms with Crippen LogP contribution in [-0.4, -0.2) is 67.0 Å². The van der Waals surface area contributed by atoms with Gasteiger partial charge in [0.1, 0.15) is 29.8 Å². The van der Waals surface area contributed by atoms with Gasteiger partial charge in [0.2, 0.25) is 0 Å². The van der Waals surface area contributed by atoms with Gasteiger partial charge in [-0.1, -0.05) is 5.16 Å². The molecule has 0 aliphatic carbocycles. The molecule has 1 N–H and O–H groups in total. The lowest BCUT2D eigenvalue weighted by molar-refractivity contribution is 0.0690. The fraction of sp³-hybridized carbons (Fsp3) is 0.500. The highest BCUT2D eigenvalue weighted by atomic mass is 19.1. The molecule has 2 aromatic rings. The van der Waals surface area contributed by atoms with Crippen molar-refractivity contribution in [3.8, 4) is 5.75 Å². The van der Waals surface area contributed by atoms with Crippen molar-refractivity contribution in [1.82, 2.24) is 9.47 Å². The number of benzene rings is 1. The third kappa shape index (κ3) is 3.29. The lowest BCUT2D eigenvalue weighted by Crippen LogP contribution is -2.45. The molecular weight excluding hydrogens is 379 g/mol. The number of aromatic carboxylic acids is 1. The van der Waals surface area contributed by atoms with E-state index < -0.39 is 11.8 Å². The molecule has 1 fully saturated rings. The second-order valence-electron chi connectivity index (χ2n) is 7.50. The summed E-state index contributed by atoms with van der Waals surface area (Å²) in [5.41, 5.74) is 1.04. The minimum Gasteiger partial charge on any atom is -0.487 e. The SMILES string of the molecule is CCON=c1c(C(=O)O)cn2c3c(c(N4CCN(C)CC4)c(F)cc13)OC[C@@H]2C. The van der Waals surface area contributed by atoms with Gasteiger partial charge >= 0.3 is 5.97 Å². The number of carbonyl (C=O) groups is 1. The molecule has 0 unspecified atom stereocenters. The van der Waals surface area contributed by atoms with Gasteiger partial charge in [-0.2, -0.15) is 0 Å². The highest BCUT2D eigenvalue weighted by Gasteiger charge is 2.30. The van der Waals surface area contributed by atoms with Crippen LogP contribution in [0.5, 0.6) is 5.75 Å². The number of hydrogen-bond donors (Lipinski definition) is 1. The molecule has 4 rings (SSSR count). The van der Waals surface area contributed by atoms with Crippen molar-refractivity contribution < 1.29 is 23.9 Å². The van der Waals surface area contributed by atoms with Gasteiger partial charge < -0.3 is 29.0 Å². The van der Waals surface area contributed by atoms with Crippen LogP contribution in [0.25, 0.3) is 10.9 Å². The average Bonchev–Trinajstić information content (AvgIpc) is 2.69.